The molecule has 1 aliphatic heterocycles. The van der Waals surface area contributed by atoms with Crippen molar-refractivity contribution < 1.29 is 9.59 Å². The molecule has 0 unspecified atom stereocenters. The largest absolute Gasteiger partial charge is 0.399 e. The number of carbonyl (C=O) groups excluding carboxylic acids is 2. The second kappa shape index (κ2) is 4.94. The normalized spacial score (nSPS) is 14.9. The van der Waals surface area contributed by atoms with Gasteiger partial charge < -0.3 is 5.73 Å². The Balaban J connectivity index is 1.92. The topological polar surface area (TPSA) is 66.6 Å². The molecule has 2 aromatic rings. The van der Waals surface area contributed by atoms with Crippen LogP contribution in [0.5, 0.6) is 0 Å². The smallest absolute Gasteiger partial charge is 0.336 e. The molecule has 1 aliphatic rings. The molecule has 0 aromatic heterocycles. The summed E-state index contributed by atoms with van der Waals surface area (Å²) in [6.45, 7) is 2.02. The molecule has 2 aromatic carbocycles. The zero-order valence-corrected chi connectivity index (χ0v) is 11.6. The van der Waals surface area contributed by atoms with E-state index in [2.05, 4.69) is 0 Å². The van der Waals surface area contributed by atoms with Gasteiger partial charge in [-0.2, -0.15) is 0 Å². The third-order valence-electron chi connectivity index (χ3n) is 3.46. The van der Waals surface area contributed by atoms with Gasteiger partial charge in [0.25, 0.3) is 5.91 Å². The van der Waals surface area contributed by atoms with E-state index in [9.17, 15) is 9.59 Å². The fourth-order valence-electron chi connectivity index (χ4n) is 2.31. The predicted octanol–water partition coefficient (Wildman–Crippen LogP) is 2.55. The fourth-order valence-corrected chi connectivity index (χ4v) is 2.31. The summed E-state index contributed by atoms with van der Waals surface area (Å²) in [6.07, 6.45) is 0. The van der Waals surface area contributed by atoms with E-state index in [1.54, 1.807) is 24.3 Å². The first-order valence-electron chi connectivity index (χ1n) is 6.63. The minimum Gasteiger partial charge on any atom is -0.399 e. The highest BCUT2D eigenvalue weighted by Gasteiger charge is 2.37. The molecule has 106 valence electrons. The molecule has 0 aliphatic carbocycles. The van der Waals surface area contributed by atoms with Crippen molar-refractivity contribution in [2.45, 2.75) is 6.92 Å². The van der Waals surface area contributed by atoms with E-state index < -0.39 is 0 Å². The lowest BCUT2D eigenvalue weighted by Gasteiger charge is -2.17. The summed E-state index contributed by atoms with van der Waals surface area (Å²) in [5.74, 6) is -0.245. The molecule has 5 heteroatoms. The zero-order valence-electron chi connectivity index (χ0n) is 11.6. The van der Waals surface area contributed by atoms with Crippen molar-refractivity contribution in [1.82, 2.24) is 0 Å². The van der Waals surface area contributed by atoms with Crippen molar-refractivity contribution >= 4 is 29.0 Å². The highest BCUT2D eigenvalue weighted by molar-refractivity contribution is 6.26. The van der Waals surface area contributed by atoms with E-state index in [1.807, 2.05) is 31.2 Å². The standard InChI is InChI=1S/C16H15N3O2/c1-11-2-6-13(7-3-11)18-10-15(20)19(16(18)21)14-8-4-12(17)5-9-14/h2-9H,10,17H2,1H3. The average Bonchev–Trinajstić information content (AvgIpc) is 2.76. The van der Waals surface area contributed by atoms with Crippen LogP contribution in [0.4, 0.5) is 21.9 Å². The lowest BCUT2D eigenvalue weighted by Crippen LogP contribution is -2.32. The number of nitrogens with zero attached hydrogens (tertiary/aromatic N) is 2. The average molecular weight is 281 g/mol. The van der Waals surface area contributed by atoms with Gasteiger partial charge in [-0.25, -0.2) is 9.69 Å². The molecule has 2 N–H and O–H groups in total. The van der Waals surface area contributed by atoms with Crippen molar-refractivity contribution in [3.63, 3.8) is 0 Å². The summed E-state index contributed by atoms with van der Waals surface area (Å²) in [5.41, 5.74) is 8.58. The molecule has 0 atom stereocenters. The van der Waals surface area contributed by atoms with Gasteiger partial charge in [0.1, 0.15) is 6.54 Å². The lowest BCUT2D eigenvalue weighted by atomic mass is 10.2. The molecule has 5 nitrogen and oxygen atoms in total. The highest BCUT2D eigenvalue weighted by Crippen LogP contribution is 2.26. The second-order valence-corrected chi connectivity index (χ2v) is 5.02. The van der Waals surface area contributed by atoms with Crippen LogP contribution < -0.4 is 15.5 Å². The van der Waals surface area contributed by atoms with Gasteiger partial charge in [-0.3, -0.25) is 9.69 Å². The highest BCUT2D eigenvalue weighted by atomic mass is 16.2. The number of aryl methyl sites for hydroxylation is 1. The molecule has 1 fully saturated rings. The van der Waals surface area contributed by atoms with Crippen molar-refractivity contribution in [2.75, 3.05) is 22.1 Å². The monoisotopic (exact) mass is 281 g/mol. The number of nitrogen functional groups attached to an aromatic ring is 1. The van der Waals surface area contributed by atoms with Crippen LogP contribution in [0.1, 0.15) is 5.56 Å². The van der Waals surface area contributed by atoms with Crippen LogP contribution in [0.2, 0.25) is 0 Å². The number of carbonyl (C=O) groups is 2. The molecule has 21 heavy (non-hydrogen) atoms. The number of anilines is 3. The lowest BCUT2D eigenvalue weighted by molar-refractivity contribution is -0.115. The van der Waals surface area contributed by atoms with Crippen LogP contribution in [0.15, 0.2) is 48.5 Å². The van der Waals surface area contributed by atoms with Gasteiger partial charge in [0.2, 0.25) is 0 Å². The Labute approximate surface area is 122 Å². The Morgan fingerprint density at radius 3 is 2.10 bits per heavy atom. The molecule has 1 saturated heterocycles. The molecule has 0 bridgehead atoms. The number of hydrogen-bond donors (Lipinski definition) is 1. The Hall–Kier alpha value is -2.82. The zero-order chi connectivity index (χ0) is 15.0. The SMILES string of the molecule is Cc1ccc(N2CC(=O)N(c3ccc(N)cc3)C2=O)cc1. The van der Waals surface area contributed by atoms with Gasteiger partial charge in [0, 0.05) is 11.4 Å². The first-order valence-corrected chi connectivity index (χ1v) is 6.63. The summed E-state index contributed by atoms with van der Waals surface area (Å²) >= 11 is 0. The van der Waals surface area contributed by atoms with Crippen LogP contribution in [0.25, 0.3) is 0 Å². The van der Waals surface area contributed by atoms with E-state index in [0.29, 0.717) is 11.4 Å². The number of amides is 3. The first-order chi connectivity index (χ1) is 10.1. The molecule has 3 amide bonds. The van der Waals surface area contributed by atoms with Gasteiger partial charge in [-0.05, 0) is 43.3 Å². The quantitative estimate of drug-likeness (QED) is 0.679. The Kier molecular flexibility index (Phi) is 3.10. The number of hydrogen-bond acceptors (Lipinski definition) is 3. The number of benzene rings is 2. The maximum absolute atomic E-state index is 12.5. The molecule has 0 saturated carbocycles. The summed E-state index contributed by atoms with van der Waals surface area (Å²) in [6, 6.07) is 13.9. The van der Waals surface area contributed by atoms with Crippen molar-refractivity contribution in [2.24, 2.45) is 0 Å². The first kappa shape index (κ1) is 13.2. The van der Waals surface area contributed by atoms with E-state index >= 15 is 0 Å². The van der Waals surface area contributed by atoms with E-state index in [4.69, 9.17) is 5.73 Å². The van der Waals surface area contributed by atoms with Crippen LogP contribution in [-0.2, 0) is 4.79 Å². The van der Waals surface area contributed by atoms with Gasteiger partial charge >= 0.3 is 6.03 Å². The third kappa shape index (κ3) is 2.33. The number of urea groups is 1. The summed E-state index contributed by atoms with van der Waals surface area (Å²) < 4.78 is 0. The summed E-state index contributed by atoms with van der Waals surface area (Å²) in [7, 11) is 0. The number of imide groups is 1. The molecule has 1 heterocycles. The Morgan fingerprint density at radius 1 is 0.905 bits per heavy atom. The van der Waals surface area contributed by atoms with Crippen LogP contribution in [0, 0.1) is 6.92 Å². The molecule has 0 radical (unpaired) electrons. The van der Waals surface area contributed by atoms with Gasteiger partial charge in [-0.15, -0.1) is 0 Å². The number of nitrogens with two attached hydrogens (primary N) is 1. The Bertz CT molecular complexity index is 692. The fraction of sp³-hybridized carbons (Fsp3) is 0.125. The van der Waals surface area contributed by atoms with Crippen LogP contribution >= 0.6 is 0 Å². The molecular weight excluding hydrogens is 266 g/mol. The maximum atomic E-state index is 12.5. The van der Waals surface area contributed by atoms with Crippen LogP contribution in [0.3, 0.4) is 0 Å². The van der Waals surface area contributed by atoms with Crippen molar-refractivity contribution in [1.29, 1.82) is 0 Å². The minimum atomic E-state index is -0.339. The van der Waals surface area contributed by atoms with E-state index in [0.717, 1.165) is 11.3 Å². The van der Waals surface area contributed by atoms with E-state index in [-0.39, 0.29) is 18.5 Å². The van der Waals surface area contributed by atoms with Crippen LogP contribution in [-0.4, -0.2) is 18.5 Å². The summed E-state index contributed by atoms with van der Waals surface area (Å²) in [5, 5.41) is 0. The molecular formula is C16H15N3O2. The summed E-state index contributed by atoms with van der Waals surface area (Å²) in [4.78, 5) is 27.3. The number of rotatable bonds is 2. The third-order valence-corrected chi connectivity index (χ3v) is 3.46. The second-order valence-electron chi connectivity index (χ2n) is 5.02. The molecule has 3 rings (SSSR count). The predicted molar refractivity (Wildman–Crippen MR) is 82.3 cm³/mol. The van der Waals surface area contributed by atoms with E-state index in [1.165, 1.54) is 9.80 Å². The van der Waals surface area contributed by atoms with Crippen molar-refractivity contribution in [3.05, 3.63) is 54.1 Å². The molecule has 0 spiro atoms. The van der Waals surface area contributed by atoms with Gasteiger partial charge in [-0.1, -0.05) is 17.7 Å². The van der Waals surface area contributed by atoms with Gasteiger partial charge in [0.15, 0.2) is 0 Å². The minimum absolute atomic E-state index is 0.0479. The maximum Gasteiger partial charge on any atom is 0.336 e. The Morgan fingerprint density at radius 2 is 1.48 bits per heavy atom. The van der Waals surface area contributed by atoms with Crippen molar-refractivity contribution in [3.8, 4) is 0 Å². The van der Waals surface area contributed by atoms with Gasteiger partial charge in [0.05, 0.1) is 5.69 Å².